The Labute approximate surface area is 66.4 Å². The SMILES string of the molecule is C=CCCC1NC(=O)OC1C. The maximum atomic E-state index is 10.7. The van der Waals surface area contributed by atoms with Crippen LogP contribution in [-0.2, 0) is 4.74 Å². The number of alkyl carbamates (subject to hydrolysis) is 1. The number of ether oxygens (including phenoxy) is 1. The quantitative estimate of drug-likeness (QED) is 0.626. The van der Waals surface area contributed by atoms with Crippen LogP contribution in [0.4, 0.5) is 4.79 Å². The highest BCUT2D eigenvalue weighted by atomic mass is 16.6. The van der Waals surface area contributed by atoms with E-state index >= 15 is 0 Å². The van der Waals surface area contributed by atoms with Crippen LogP contribution in [0.3, 0.4) is 0 Å². The van der Waals surface area contributed by atoms with Crippen LogP contribution in [0.15, 0.2) is 12.7 Å². The molecule has 0 aromatic rings. The van der Waals surface area contributed by atoms with Gasteiger partial charge in [-0.25, -0.2) is 4.79 Å². The maximum absolute atomic E-state index is 10.7. The molecule has 0 aromatic heterocycles. The fourth-order valence-electron chi connectivity index (χ4n) is 1.16. The van der Waals surface area contributed by atoms with E-state index in [9.17, 15) is 4.79 Å². The van der Waals surface area contributed by atoms with Gasteiger partial charge in [-0.3, -0.25) is 0 Å². The van der Waals surface area contributed by atoms with Crippen molar-refractivity contribution in [1.29, 1.82) is 0 Å². The number of cyclic esters (lactones) is 1. The molecule has 1 rings (SSSR count). The first-order valence-corrected chi connectivity index (χ1v) is 3.82. The fraction of sp³-hybridized carbons (Fsp3) is 0.625. The van der Waals surface area contributed by atoms with E-state index in [1.165, 1.54) is 0 Å². The van der Waals surface area contributed by atoms with E-state index in [4.69, 9.17) is 4.74 Å². The van der Waals surface area contributed by atoms with E-state index in [1.54, 1.807) is 0 Å². The summed E-state index contributed by atoms with van der Waals surface area (Å²) in [4.78, 5) is 10.7. The predicted octanol–water partition coefficient (Wildman–Crippen LogP) is 1.45. The average molecular weight is 155 g/mol. The molecule has 0 bridgehead atoms. The van der Waals surface area contributed by atoms with Crippen LogP contribution in [0.25, 0.3) is 0 Å². The van der Waals surface area contributed by atoms with Gasteiger partial charge < -0.3 is 10.1 Å². The van der Waals surface area contributed by atoms with Crippen molar-refractivity contribution in [3.05, 3.63) is 12.7 Å². The van der Waals surface area contributed by atoms with Gasteiger partial charge in [-0.2, -0.15) is 0 Å². The van der Waals surface area contributed by atoms with Gasteiger partial charge in [-0.05, 0) is 19.8 Å². The molecule has 1 saturated heterocycles. The van der Waals surface area contributed by atoms with Gasteiger partial charge >= 0.3 is 6.09 Å². The molecule has 0 aliphatic carbocycles. The molecule has 1 fully saturated rings. The van der Waals surface area contributed by atoms with Crippen LogP contribution < -0.4 is 5.32 Å². The van der Waals surface area contributed by atoms with Gasteiger partial charge in [-0.1, -0.05) is 6.08 Å². The summed E-state index contributed by atoms with van der Waals surface area (Å²) in [5.74, 6) is 0. The van der Waals surface area contributed by atoms with Crippen molar-refractivity contribution in [2.75, 3.05) is 0 Å². The summed E-state index contributed by atoms with van der Waals surface area (Å²) in [7, 11) is 0. The molecular weight excluding hydrogens is 142 g/mol. The first kappa shape index (κ1) is 8.11. The Bertz CT molecular complexity index is 167. The molecule has 1 heterocycles. The average Bonchev–Trinajstić information content (AvgIpc) is 2.26. The summed E-state index contributed by atoms with van der Waals surface area (Å²) in [6.07, 6.45) is 3.38. The lowest BCUT2D eigenvalue weighted by Gasteiger charge is -2.09. The summed E-state index contributed by atoms with van der Waals surface area (Å²) in [6.45, 7) is 5.51. The van der Waals surface area contributed by atoms with Crippen molar-refractivity contribution in [1.82, 2.24) is 5.32 Å². The normalized spacial score (nSPS) is 29.4. The molecule has 1 aliphatic heterocycles. The molecule has 11 heavy (non-hydrogen) atoms. The van der Waals surface area contributed by atoms with Crippen LogP contribution in [0, 0.1) is 0 Å². The number of hydrogen-bond acceptors (Lipinski definition) is 2. The van der Waals surface area contributed by atoms with Crippen molar-refractivity contribution >= 4 is 6.09 Å². The Balaban J connectivity index is 2.34. The highest BCUT2D eigenvalue weighted by molar-refractivity contribution is 5.70. The second-order valence-electron chi connectivity index (χ2n) is 2.73. The third-order valence-electron chi connectivity index (χ3n) is 1.84. The highest BCUT2D eigenvalue weighted by Gasteiger charge is 2.29. The van der Waals surface area contributed by atoms with Crippen molar-refractivity contribution in [3.8, 4) is 0 Å². The van der Waals surface area contributed by atoms with E-state index in [2.05, 4.69) is 11.9 Å². The van der Waals surface area contributed by atoms with Gasteiger partial charge in [0.2, 0.25) is 0 Å². The van der Waals surface area contributed by atoms with E-state index < -0.39 is 0 Å². The molecule has 0 aromatic carbocycles. The number of amides is 1. The lowest BCUT2D eigenvalue weighted by atomic mass is 10.1. The molecule has 62 valence electrons. The molecule has 0 radical (unpaired) electrons. The Morgan fingerprint density at radius 3 is 3.00 bits per heavy atom. The first-order valence-electron chi connectivity index (χ1n) is 3.82. The van der Waals surface area contributed by atoms with E-state index in [-0.39, 0.29) is 18.2 Å². The molecule has 1 amide bonds. The number of nitrogens with one attached hydrogen (secondary N) is 1. The minimum Gasteiger partial charge on any atom is -0.444 e. The fourth-order valence-corrected chi connectivity index (χ4v) is 1.16. The summed E-state index contributed by atoms with van der Waals surface area (Å²) in [5.41, 5.74) is 0. The van der Waals surface area contributed by atoms with Crippen LogP contribution in [0.5, 0.6) is 0 Å². The zero-order chi connectivity index (χ0) is 8.27. The number of allylic oxidation sites excluding steroid dienone is 1. The summed E-state index contributed by atoms with van der Waals surface area (Å²) in [6, 6.07) is 0.167. The third-order valence-corrected chi connectivity index (χ3v) is 1.84. The van der Waals surface area contributed by atoms with Gasteiger partial charge in [0.1, 0.15) is 6.10 Å². The molecule has 2 unspecified atom stereocenters. The topological polar surface area (TPSA) is 38.3 Å². The zero-order valence-corrected chi connectivity index (χ0v) is 6.67. The predicted molar refractivity (Wildman–Crippen MR) is 42.3 cm³/mol. The zero-order valence-electron chi connectivity index (χ0n) is 6.67. The molecular formula is C8H13NO2. The number of carbonyl (C=O) groups excluding carboxylic acids is 1. The molecule has 0 spiro atoms. The van der Waals surface area contributed by atoms with Crippen LogP contribution in [0.2, 0.25) is 0 Å². The molecule has 2 atom stereocenters. The second-order valence-corrected chi connectivity index (χ2v) is 2.73. The molecule has 1 N–H and O–H groups in total. The molecule has 3 heteroatoms. The van der Waals surface area contributed by atoms with Gasteiger partial charge in [0, 0.05) is 0 Å². The van der Waals surface area contributed by atoms with Gasteiger partial charge in [0.15, 0.2) is 0 Å². The van der Waals surface area contributed by atoms with Crippen LogP contribution in [0.1, 0.15) is 19.8 Å². The lowest BCUT2D eigenvalue weighted by Crippen LogP contribution is -2.29. The molecule has 3 nitrogen and oxygen atoms in total. The lowest BCUT2D eigenvalue weighted by molar-refractivity contribution is 0.140. The summed E-state index contributed by atoms with van der Waals surface area (Å²) < 4.78 is 4.89. The van der Waals surface area contributed by atoms with Crippen LogP contribution >= 0.6 is 0 Å². The monoisotopic (exact) mass is 155 g/mol. The van der Waals surface area contributed by atoms with Crippen molar-refractivity contribution < 1.29 is 9.53 Å². The van der Waals surface area contributed by atoms with E-state index in [0.29, 0.717) is 0 Å². The van der Waals surface area contributed by atoms with E-state index in [1.807, 2.05) is 13.0 Å². The van der Waals surface area contributed by atoms with Gasteiger partial charge in [-0.15, -0.1) is 6.58 Å². The Kier molecular flexibility index (Phi) is 2.52. The Morgan fingerprint density at radius 2 is 2.55 bits per heavy atom. The number of rotatable bonds is 3. The van der Waals surface area contributed by atoms with Gasteiger partial charge in [0.05, 0.1) is 6.04 Å². The second kappa shape index (κ2) is 3.42. The maximum Gasteiger partial charge on any atom is 0.407 e. The smallest absolute Gasteiger partial charge is 0.407 e. The Morgan fingerprint density at radius 1 is 1.82 bits per heavy atom. The molecule has 1 aliphatic rings. The van der Waals surface area contributed by atoms with Gasteiger partial charge in [0.25, 0.3) is 0 Å². The van der Waals surface area contributed by atoms with Crippen molar-refractivity contribution in [2.45, 2.75) is 31.9 Å². The third kappa shape index (κ3) is 1.97. The standard InChI is InChI=1S/C8H13NO2/c1-3-4-5-7-6(2)11-8(10)9-7/h3,6-7H,1,4-5H2,2H3,(H,9,10). The summed E-state index contributed by atoms with van der Waals surface area (Å²) >= 11 is 0. The van der Waals surface area contributed by atoms with Crippen molar-refractivity contribution in [3.63, 3.8) is 0 Å². The minimum absolute atomic E-state index is 0.00227. The number of carbonyl (C=O) groups is 1. The number of hydrogen-bond donors (Lipinski definition) is 1. The minimum atomic E-state index is -0.299. The largest absolute Gasteiger partial charge is 0.444 e. The summed E-state index contributed by atoms with van der Waals surface area (Å²) in [5, 5.41) is 2.73. The van der Waals surface area contributed by atoms with E-state index in [0.717, 1.165) is 12.8 Å². The van der Waals surface area contributed by atoms with Crippen molar-refractivity contribution in [2.24, 2.45) is 0 Å². The highest BCUT2D eigenvalue weighted by Crippen LogP contribution is 2.12. The molecule has 0 saturated carbocycles. The first-order chi connectivity index (χ1) is 5.24. The van der Waals surface area contributed by atoms with Crippen LogP contribution in [-0.4, -0.2) is 18.2 Å². The Hall–Kier alpha value is -0.990.